The second kappa shape index (κ2) is 7.14. The number of thioether (sulfide) groups is 1. The largest absolute Gasteiger partial charge is 0.287 e. The van der Waals surface area contributed by atoms with Gasteiger partial charge < -0.3 is 0 Å². The van der Waals surface area contributed by atoms with Crippen LogP contribution in [0, 0.1) is 0 Å². The highest BCUT2D eigenvalue weighted by Crippen LogP contribution is 2.22. The smallest absolute Gasteiger partial charge is 0.262 e. The summed E-state index contributed by atoms with van der Waals surface area (Å²) in [5, 5.41) is 1.57. The fourth-order valence-corrected chi connectivity index (χ4v) is 3.72. The van der Waals surface area contributed by atoms with Crippen LogP contribution < -0.4 is 5.56 Å². The molecule has 3 rings (SSSR count). The maximum Gasteiger partial charge on any atom is 0.262 e. The highest BCUT2D eigenvalue weighted by molar-refractivity contribution is 7.99. The Bertz CT molecular complexity index is 748. The van der Waals surface area contributed by atoms with Gasteiger partial charge in [0.2, 0.25) is 0 Å². The molecule has 1 aromatic heterocycles. The number of para-hydroxylation sites is 1. The first-order valence-electron chi connectivity index (χ1n) is 8.10. The van der Waals surface area contributed by atoms with Crippen molar-refractivity contribution in [3.05, 3.63) is 46.3 Å². The molecule has 116 valence electrons. The van der Waals surface area contributed by atoms with E-state index in [4.69, 9.17) is 4.98 Å². The Balaban J connectivity index is 1.95. The molecule has 0 amide bonds. The van der Waals surface area contributed by atoms with Gasteiger partial charge in [0.15, 0.2) is 5.16 Å². The van der Waals surface area contributed by atoms with Gasteiger partial charge in [0.05, 0.1) is 10.9 Å². The minimum Gasteiger partial charge on any atom is -0.287 e. The van der Waals surface area contributed by atoms with Gasteiger partial charge in [-0.25, -0.2) is 4.98 Å². The number of rotatable bonds is 5. The molecule has 0 saturated carbocycles. The third kappa shape index (κ3) is 3.27. The van der Waals surface area contributed by atoms with Crippen LogP contribution in [0.2, 0.25) is 0 Å². The number of benzene rings is 1. The average Bonchev–Trinajstić information content (AvgIpc) is 2.56. The fraction of sp³-hybridized carbons (Fsp3) is 0.444. The van der Waals surface area contributed by atoms with Crippen LogP contribution in [0.1, 0.15) is 39.0 Å². The molecule has 2 aromatic rings. The zero-order valence-electron chi connectivity index (χ0n) is 13.0. The van der Waals surface area contributed by atoms with E-state index in [0.717, 1.165) is 34.8 Å². The van der Waals surface area contributed by atoms with Crippen LogP contribution in [0.4, 0.5) is 0 Å². The number of hydrogen-bond acceptors (Lipinski definition) is 3. The van der Waals surface area contributed by atoms with Crippen molar-refractivity contribution in [2.75, 3.05) is 5.75 Å². The number of nitrogens with zero attached hydrogens (tertiary/aromatic N) is 2. The predicted molar refractivity (Wildman–Crippen MR) is 93.6 cm³/mol. The van der Waals surface area contributed by atoms with E-state index in [2.05, 4.69) is 13.0 Å². The van der Waals surface area contributed by atoms with Crippen molar-refractivity contribution in [2.45, 2.75) is 50.7 Å². The maximum absolute atomic E-state index is 12.8. The molecular weight excluding hydrogens is 292 g/mol. The molecule has 0 saturated heterocycles. The zero-order chi connectivity index (χ0) is 15.4. The van der Waals surface area contributed by atoms with E-state index >= 15 is 0 Å². The molecule has 1 aliphatic carbocycles. The third-order valence-electron chi connectivity index (χ3n) is 4.14. The van der Waals surface area contributed by atoms with Crippen LogP contribution in [0.5, 0.6) is 0 Å². The minimum absolute atomic E-state index is 0.0953. The van der Waals surface area contributed by atoms with E-state index in [1.807, 2.05) is 28.8 Å². The van der Waals surface area contributed by atoms with E-state index in [1.54, 1.807) is 11.8 Å². The molecule has 4 heteroatoms. The van der Waals surface area contributed by atoms with Crippen molar-refractivity contribution in [2.24, 2.45) is 0 Å². The van der Waals surface area contributed by atoms with Gasteiger partial charge in [-0.2, -0.15) is 0 Å². The molecule has 1 aromatic carbocycles. The van der Waals surface area contributed by atoms with Crippen molar-refractivity contribution in [1.82, 2.24) is 9.55 Å². The van der Waals surface area contributed by atoms with Crippen LogP contribution in [0.25, 0.3) is 10.9 Å². The van der Waals surface area contributed by atoms with Gasteiger partial charge >= 0.3 is 0 Å². The summed E-state index contributed by atoms with van der Waals surface area (Å²) in [5.41, 5.74) is 2.40. The van der Waals surface area contributed by atoms with E-state index in [1.165, 1.54) is 31.3 Å². The zero-order valence-corrected chi connectivity index (χ0v) is 13.9. The Morgan fingerprint density at radius 3 is 2.91 bits per heavy atom. The standard InChI is InChI=1S/C18H22N2OS/c1-2-22-18-19-16-11-7-6-10-15(16)17(21)20(18)13-12-14-8-4-3-5-9-14/h6-8,10-11H,2-5,9,12-13H2,1H3. The van der Waals surface area contributed by atoms with Crippen molar-refractivity contribution < 1.29 is 0 Å². The second-order valence-electron chi connectivity index (χ2n) is 5.66. The third-order valence-corrected chi connectivity index (χ3v) is 5.00. The minimum atomic E-state index is 0.0953. The lowest BCUT2D eigenvalue weighted by atomic mass is 9.97. The van der Waals surface area contributed by atoms with Gasteiger partial charge in [0.25, 0.3) is 5.56 Å². The number of fused-ring (bicyclic) bond motifs is 1. The van der Waals surface area contributed by atoms with Crippen LogP contribution in [-0.4, -0.2) is 15.3 Å². The van der Waals surface area contributed by atoms with Crippen molar-refractivity contribution in [3.63, 3.8) is 0 Å². The molecule has 0 bridgehead atoms. The predicted octanol–water partition coefficient (Wildman–Crippen LogP) is 4.40. The summed E-state index contributed by atoms with van der Waals surface area (Å²) in [5.74, 6) is 0.924. The van der Waals surface area contributed by atoms with Crippen LogP contribution in [0.15, 0.2) is 45.9 Å². The normalized spacial score (nSPS) is 15.0. The molecule has 1 aliphatic rings. The summed E-state index contributed by atoms with van der Waals surface area (Å²) in [4.78, 5) is 17.5. The lowest BCUT2D eigenvalue weighted by molar-refractivity contribution is 0.569. The first-order valence-corrected chi connectivity index (χ1v) is 9.08. The lowest BCUT2D eigenvalue weighted by Crippen LogP contribution is -2.23. The molecule has 0 radical (unpaired) electrons. The van der Waals surface area contributed by atoms with Crippen molar-refractivity contribution >= 4 is 22.7 Å². The van der Waals surface area contributed by atoms with Crippen LogP contribution >= 0.6 is 11.8 Å². The summed E-state index contributed by atoms with van der Waals surface area (Å²) in [6.07, 6.45) is 8.29. The Labute approximate surface area is 135 Å². The number of aromatic nitrogens is 2. The fourth-order valence-electron chi connectivity index (χ4n) is 2.97. The van der Waals surface area contributed by atoms with Gasteiger partial charge in [-0.1, -0.05) is 42.5 Å². The first-order chi connectivity index (χ1) is 10.8. The Hall–Kier alpha value is -1.55. The molecule has 3 nitrogen and oxygen atoms in total. The number of allylic oxidation sites excluding steroid dienone is 2. The molecule has 0 N–H and O–H groups in total. The van der Waals surface area contributed by atoms with Gasteiger partial charge in [-0.15, -0.1) is 0 Å². The lowest BCUT2D eigenvalue weighted by Gasteiger charge is -2.16. The summed E-state index contributed by atoms with van der Waals surface area (Å²) in [6, 6.07) is 7.64. The van der Waals surface area contributed by atoms with E-state index in [0.29, 0.717) is 0 Å². The van der Waals surface area contributed by atoms with Gasteiger partial charge in [0, 0.05) is 6.54 Å². The second-order valence-corrected chi connectivity index (χ2v) is 6.89. The first kappa shape index (κ1) is 15.3. The highest BCUT2D eigenvalue weighted by atomic mass is 32.2. The van der Waals surface area contributed by atoms with E-state index < -0.39 is 0 Å². The average molecular weight is 314 g/mol. The summed E-state index contributed by atoms with van der Waals surface area (Å²) in [7, 11) is 0. The molecule has 0 unspecified atom stereocenters. The molecular formula is C18H22N2OS. The molecule has 0 spiro atoms. The quantitative estimate of drug-likeness (QED) is 0.466. The Morgan fingerprint density at radius 2 is 2.14 bits per heavy atom. The topological polar surface area (TPSA) is 34.9 Å². The van der Waals surface area contributed by atoms with Crippen LogP contribution in [0.3, 0.4) is 0 Å². The monoisotopic (exact) mass is 314 g/mol. The summed E-state index contributed by atoms with van der Waals surface area (Å²) < 4.78 is 1.87. The van der Waals surface area contributed by atoms with Gasteiger partial charge in [-0.05, 0) is 50.0 Å². The maximum atomic E-state index is 12.8. The highest BCUT2D eigenvalue weighted by Gasteiger charge is 2.12. The Morgan fingerprint density at radius 1 is 1.27 bits per heavy atom. The molecule has 22 heavy (non-hydrogen) atoms. The van der Waals surface area contributed by atoms with Crippen molar-refractivity contribution in [1.29, 1.82) is 0 Å². The number of hydrogen-bond donors (Lipinski definition) is 0. The Kier molecular flexibility index (Phi) is 4.98. The van der Waals surface area contributed by atoms with Crippen LogP contribution in [-0.2, 0) is 6.54 Å². The van der Waals surface area contributed by atoms with Gasteiger partial charge in [-0.3, -0.25) is 9.36 Å². The SMILES string of the molecule is CCSc1nc2ccccc2c(=O)n1CCC1=CCCCC1. The molecule has 0 fully saturated rings. The van der Waals surface area contributed by atoms with Gasteiger partial charge in [0.1, 0.15) is 0 Å². The molecule has 0 atom stereocenters. The summed E-state index contributed by atoms with van der Waals surface area (Å²) in [6.45, 7) is 2.84. The summed E-state index contributed by atoms with van der Waals surface area (Å²) >= 11 is 1.65. The van der Waals surface area contributed by atoms with Crippen molar-refractivity contribution in [3.8, 4) is 0 Å². The molecule has 1 heterocycles. The van der Waals surface area contributed by atoms with E-state index in [9.17, 15) is 4.79 Å². The van der Waals surface area contributed by atoms with E-state index in [-0.39, 0.29) is 5.56 Å². The molecule has 0 aliphatic heterocycles.